The number of nitrogens with one attached hydrogen (secondary N) is 1. The van der Waals surface area contributed by atoms with E-state index in [1.165, 1.54) is 0 Å². The monoisotopic (exact) mass is 283 g/mol. The zero-order valence-electron chi connectivity index (χ0n) is 11.9. The van der Waals surface area contributed by atoms with Crippen molar-refractivity contribution in [2.75, 3.05) is 6.54 Å². The van der Waals surface area contributed by atoms with Gasteiger partial charge < -0.3 is 14.3 Å². The summed E-state index contributed by atoms with van der Waals surface area (Å²) in [7, 11) is 0. The predicted molar refractivity (Wildman–Crippen MR) is 81.2 cm³/mol. The molecule has 0 aliphatic heterocycles. The minimum Gasteiger partial charge on any atom is -0.468 e. The third-order valence-electron chi connectivity index (χ3n) is 3.41. The third-order valence-corrected chi connectivity index (χ3v) is 3.41. The van der Waals surface area contributed by atoms with Gasteiger partial charge in [0.1, 0.15) is 11.5 Å². The Morgan fingerprint density at radius 1 is 1.24 bits per heavy atom. The fourth-order valence-corrected chi connectivity index (χ4v) is 2.36. The van der Waals surface area contributed by atoms with Crippen molar-refractivity contribution >= 4 is 11.0 Å². The van der Waals surface area contributed by atoms with Crippen molar-refractivity contribution in [3.8, 4) is 0 Å². The average Bonchev–Trinajstić information content (AvgIpc) is 3.00. The third kappa shape index (κ3) is 2.87. The van der Waals surface area contributed by atoms with Gasteiger partial charge in [0, 0.05) is 13.1 Å². The van der Waals surface area contributed by atoms with Crippen molar-refractivity contribution in [3.63, 3.8) is 0 Å². The summed E-state index contributed by atoms with van der Waals surface area (Å²) in [6.07, 6.45) is 1.65. The number of benzene rings is 1. The second-order valence-corrected chi connectivity index (χ2v) is 4.90. The van der Waals surface area contributed by atoms with E-state index in [1.54, 1.807) is 17.8 Å². The van der Waals surface area contributed by atoms with Gasteiger partial charge in [-0.25, -0.2) is 4.98 Å². The van der Waals surface area contributed by atoms with E-state index >= 15 is 0 Å². The normalized spacial score (nSPS) is 11.1. The summed E-state index contributed by atoms with van der Waals surface area (Å²) in [6.45, 7) is 3.70. The fraction of sp³-hybridized carbons (Fsp3) is 0.250. The molecule has 3 rings (SSSR count). The zero-order valence-corrected chi connectivity index (χ0v) is 11.9. The number of nitrogens with zero attached hydrogens (tertiary/aromatic N) is 2. The highest BCUT2D eigenvalue weighted by Gasteiger charge is 2.07. The molecule has 0 unspecified atom stereocenters. The second kappa shape index (κ2) is 5.93. The van der Waals surface area contributed by atoms with Crippen LogP contribution in [0.4, 0.5) is 0 Å². The van der Waals surface area contributed by atoms with Gasteiger partial charge in [0.15, 0.2) is 0 Å². The summed E-state index contributed by atoms with van der Waals surface area (Å²) in [4.78, 5) is 16.6. The van der Waals surface area contributed by atoms with E-state index in [0.29, 0.717) is 25.3 Å². The smallest absolute Gasteiger partial charge is 0.272 e. The number of aryl methyl sites for hydroxylation is 1. The molecule has 0 saturated carbocycles. The lowest BCUT2D eigenvalue weighted by molar-refractivity contribution is 0.475. The summed E-state index contributed by atoms with van der Waals surface area (Å²) < 4.78 is 7.03. The molecule has 2 aromatic heterocycles. The van der Waals surface area contributed by atoms with Crippen LogP contribution in [0.25, 0.3) is 11.0 Å². The average molecular weight is 283 g/mol. The van der Waals surface area contributed by atoms with Gasteiger partial charge in [0.25, 0.3) is 5.56 Å². The number of furan rings is 1. The molecular formula is C16H17N3O2. The summed E-state index contributed by atoms with van der Waals surface area (Å²) in [5.74, 6) is 0.887. The molecule has 3 aromatic rings. The topological polar surface area (TPSA) is 60.1 Å². The largest absolute Gasteiger partial charge is 0.468 e. The molecule has 1 aromatic carbocycles. The lowest BCUT2D eigenvalue weighted by atomic mass is 10.2. The number of hydrogen-bond acceptors (Lipinski definition) is 4. The Kier molecular flexibility index (Phi) is 3.83. The minimum absolute atomic E-state index is 0.0338. The van der Waals surface area contributed by atoms with Crippen LogP contribution in [0.1, 0.15) is 11.5 Å². The van der Waals surface area contributed by atoms with E-state index < -0.39 is 0 Å². The Morgan fingerprint density at radius 3 is 2.90 bits per heavy atom. The standard InChI is InChI=1S/C16H17N3O2/c1-12-16(20)19(15-7-3-2-6-14(15)18-12)9-8-17-11-13-5-4-10-21-13/h2-7,10,17H,8-9,11H2,1H3. The van der Waals surface area contributed by atoms with Crippen LogP contribution in [0.15, 0.2) is 51.9 Å². The summed E-state index contributed by atoms with van der Waals surface area (Å²) in [5, 5.41) is 3.27. The number of fused-ring (bicyclic) bond motifs is 1. The fourth-order valence-electron chi connectivity index (χ4n) is 2.36. The van der Waals surface area contributed by atoms with Crippen molar-refractivity contribution in [3.05, 3.63) is 64.5 Å². The van der Waals surface area contributed by atoms with Gasteiger partial charge in [-0.3, -0.25) is 4.79 Å². The molecule has 5 nitrogen and oxygen atoms in total. The summed E-state index contributed by atoms with van der Waals surface area (Å²) in [6, 6.07) is 11.5. The van der Waals surface area contributed by atoms with Crippen LogP contribution >= 0.6 is 0 Å². The molecule has 0 spiro atoms. The number of hydrogen-bond donors (Lipinski definition) is 1. The quantitative estimate of drug-likeness (QED) is 0.728. The molecule has 0 saturated heterocycles. The van der Waals surface area contributed by atoms with E-state index in [2.05, 4.69) is 10.3 Å². The lowest BCUT2D eigenvalue weighted by Gasteiger charge is -2.11. The summed E-state index contributed by atoms with van der Waals surface area (Å²) >= 11 is 0. The maximum absolute atomic E-state index is 12.3. The maximum Gasteiger partial charge on any atom is 0.272 e. The number of aromatic nitrogens is 2. The highest BCUT2D eigenvalue weighted by Crippen LogP contribution is 2.09. The Bertz CT molecular complexity index is 791. The van der Waals surface area contributed by atoms with Crippen molar-refractivity contribution in [2.24, 2.45) is 0 Å². The minimum atomic E-state index is -0.0338. The first kappa shape index (κ1) is 13.6. The van der Waals surface area contributed by atoms with Crippen LogP contribution < -0.4 is 10.9 Å². The molecule has 0 radical (unpaired) electrons. The Hall–Kier alpha value is -2.40. The Morgan fingerprint density at radius 2 is 2.10 bits per heavy atom. The first-order valence-electron chi connectivity index (χ1n) is 6.95. The second-order valence-electron chi connectivity index (χ2n) is 4.90. The molecular weight excluding hydrogens is 266 g/mol. The first-order valence-corrected chi connectivity index (χ1v) is 6.95. The molecule has 21 heavy (non-hydrogen) atoms. The van der Waals surface area contributed by atoms with E-state index in [1.807, 2.05) is 36.4 Å². The van der Waals surface area contributed by atoms with E-state index in [0.717, 1.165) is 16.8 Å². The maximum atomic E-state index is 12.3. The van der Waals surface area contributed by atoms with Crippen LogP contribution in [0.5, 0.6) is 0 Å². The first-order chi connectivity index (χ1) is 10.3. The van der Waals surface area contributed by atoms with Crippen LogP contribution in [0, 0.1) is 6.92 Å². The molecule has 0 bridgehead atoms. The van der Waals surface area contributed by atoms with Crippen molar-refractivity contribution in [1.29, 1.82) is 0 Å². The lowest BCUT2D eigenvalue weighted by Crippen LogP contribution is -2.29. The van der Waals surface area contributed by atoms with E-state index in [9.17, 15) is 4.79 Å². The SMILES string of the molecule is Cc1nc2ccccc2n(CCNCc2ccco2)c1=O. The van der Waals surface area contributed by atoms with Crippen LogP contribution in [0.3, 0.4) is 0 Å². The van der Waals surface area contributed by atoms with Gasteiger partial charge in [-0.05, 0) is 31.2 Å². The van der Waals surface area contributed by atoms with Crippen LogP contribution in [0.2, 0.25) is 0 Å². The molecule has 108 valence electrons. The molecule has 5 heteroatoms. The highest BCUT2D eigenvalue weighted by molar-refractivity contribution is 5.74. The van der Waals surface area contributed by atoms with Gasteiger partial charge in [-0.15, -0.1) is 0 Å². The van der Waals surface area contributed by atoms with Gasteiger partial charge in [0.2, 0.25) is 0 Å². The molecule has 0 aliphatic carbocycles. The van der Waals surface area contributed by atoms with Crippen LogP contribution in [-0.4, -0.2) is 16.1 Å². The van der Waals surface area contributed by atoms with E-state index in [4.69, 9.17) is 4.42 Å². The van der Waals surface area contributed by atoms with E-state index in [-0.39, 0.29) is 5.56 Å². The number of rotatable bonds is 5. The molecule has 1 N–H and O–H groups in total. The van der Waals surface area contributed by atoms with Gasteiger partial charge in [0.05, 0.1) is 23.8 Å². The van der Waals surface area contributed by atoms with Gasteiger partial charge in [-0.2, -0.15) is 0 Å². The predicted octanol–water partition coefficient (Wildman–Crippen LogP) is 2.09. The molecule has 2 heterocycles. The molecule has 0 atom stereocenters. The Balaban J connectivity index is 1.77. The van der Waals surface area contributed by atoms with Gasteiger partial charge in [-0.1, -0.05) is 12.1 Å². The van der Waals surface area contributed by atoms with Crippen LogP contribution in [-0.2, 0) is 13.1 Å². The molecule has 0 fully saturated rings. The van der Waals surface area contributed by atoms with Crippen molar-refractivity contribution in [1.82, 2.24) is 14.9 Å². The Labute approximate surface area is 122 Å². The number of para-hydroxylation sites is 2. The van der Waals surface area contributed by atoms with Crippen molar-refractivity contribution in [2.45, 2.75) is 20.0 Å². The van der Waals surface area contributed by atoms with Gasteiger partial charge >= 0.3 is 0 Å². The highest BCUT2D eigenvalue weighted by atomic mass is 16.3. The van der Waals surface area contributed by atoms with Crippen molar-refractivity contribution < 1.29 is 4.42 Å². The molecule has 0 aliphatic rings. The zero-order chi connectivity index (χ0) is 14.7. The summed E-state index contributed by atoms with van der Waals surface area (Å²) in [5.41, 5.74) is 2.21. The molecule has 0 amide bonds.